The number of pyridine rings is 1. The Kier molecular flexibility index (Phi) is 4.92. The molecular weight excluding hydrogens is 202 g/mol. The molecule has 0 aliphatic carbocycles. The van der Waals surface area contributed by atoms with Crippen LogP contribution in [0.3, 0.4) is 0 Å². The van der Waals surface area contributed by atoms with E-state index in [9.17, 15) is 4.79 Å². The van der Waals surface area contributed by atoms with Gasteiger partial charge in [0.25, 0.3) is 0 Å². The highest BCUT2D eigenvalue weighted by atomic mass is 16.1. The Morgan fingerprint density at radius 2 is 2.31 bits per heavy atom. The van der Waals surface area contributed by atoms with Crippen LogP contribution in [0, 0.1) is 6.92 Å². The average Bonchev–Trinajstić information content (AvgIpc) is 2.29. The highest BCUT2D eigenvalue weighted by molar-refractivity contribution is 5.92. The number of hydrogen-bond acceptors (Lipinski definition) is 3. The van der Waals surface area contributed by atoms with E-state index < -0.39 is 0 Å². The molecule has 88 valence electrons. The van der Waals surface area contributed by atoms with Crippen LogP contribution in [-0.2, 0) is 4.79 Å². The molecular formula is C12H19N3O. The van der Waals surface area contributed by atoms with Crippen LogP contribution in [0.5, 0.6) is 0 Å². The van der Waals surface area contributed by atoms with E-state index in [2.05, 4.69) is 29.5 Å². The summed E-state index contributed by atoms with van der Waals surface area (Å²) in [6.45, 7) is 6.41. The monoisotopic (exact) mass is 221 g/mol. The minimum Gasteiger partial charge on any atom is -0.325 e. The molecule has 0 aromatic carbocycles. The van der Waals surface area contributed by atoms with Gasteiger partial charge in [-0.05, 0) is 31.9 Å². The maximum absolute atomic E-state index is 11.6. The summed E-state index contributed by atoms with van der Waals surface area (Å²) in [4.78, 5) is 15.6. The van der Waals surface area contributed by atoms with Gasteiger partial charge in [-0.2, -0.15) is 0 Å². The SMILES string of the molecule is CCC(C)NCC(=O)Nc1ccncc1C. The normalized spacial score (nSPS) is 12.2. The molecule has 0 bridgehead atoms. The second kappa shape index (κ2) is 6.23. The van der Waals surface area contributed by atoms with Crippen molar-refractivity contribution >= 4 is 11.6 Å². The number of rotatable bonds is 5. The highest BCUT2D eigenvalue weighted by Crippen LogP contribution is 2.10. The minimum absolute atomic E-state index is 0.0189. The topological polar surface area (TPSA) is 54.0 Å². The van der Waals surface area contributed by atoms with Crippen molar-refractivity contribution < 1.29 is 4.79 Å². The third kappa shape index (κ3) is 3.98. The summed E-state index contributed by atoms with van der Waals surface area (Å²) in [7, 11) is 0. The van der Waals surface area contributed by atoms with Crippen molar-refractivity contribution in [2.75, 3.05) is 11.9 Å². The molecule has 1 aromatic heterocycles. The summed E-state index contributed by atoms with van der Waals surface area (Å²) in [5, 5.41) is 5.99. The molecule has 1 amide bonds. The Hall–Kier alpha value is -1.42. The first kappa shape index (κ1) is 12.6. The van der Waals surface area contributed by atoms with E-state index in [4.69, 9.17) is 0 Å². The molecule has 4 heteroatoms. The fourth-order valence-electron chi connectivity index (χ4n) is 1.22. The smallest absolute Gasteiger partial charge is 0.238 e. The average molecular weight is 221 g/mol. The van der Waals surface area contributed by atoms with Gasteiger partial charge in [0.2, 0.25) is 5.91 Å². The van der Waals surface area contributed by atoms with Gasteiger partial charge >= 0.3 is 0 Å². The lowest BCUT2D eigenvalue weighted by atomic mass is 10.2. The summed E-state index contributed by atoms with van der Waals surface area (Å²) in [5.41, 5.74) is 1.80. The third-order valence-electron chi connectivity index (χ3n) is 2.52. The fourth-order valence-corrected chi connectivity index (χ4v) is 1.22. The lowest BCUT2D eigenvalue weighted by Gasteiger charge is -2.12. The first-order valence-electron chi connectivity index (χ1n) is 5.57. The molecule has 1 rings (SSSR count). The first-order chi connectivity index (χ1) is 7.63. The van der Waals surface area contributed by atoms with Crippen LogP contribution in [0.15, 0.2) is 18.5 Å². The molecule has 1 atom stereocenters. The van der Waals surface area contributed by atoms with Crippen molar-refractivity contribution in [1.82, 2.24) is 10.3 Å². The maximum Gasteiger partial charge on any atom is 0.238 e. The molecule has 1 heterocycles. The Labute approximate surface area is 96.5 Å². The molecule has 0 fully saturated rings. The number of carbonyl (C=O) groups excluding carboxylic acids is 1. The zero-order valence-corrected chi connectivity index (χ0v) is 10.1. The van der Waals surface area contributed by atoms with Crippen LogP contribution in [0.2, 0.25) is 0 Å². The highest BCUT2D eigenvalue weighted by Gasteiger charge is 2.05. The molecule has 0 spiro atoms. The number of amides is 1. The van der Waals surface area contributed by atoms with Crippen molar-refractivity contribution in [2.24, 2.45) is 0 Å². The number of nitrogens with one attached hydrogen (secondary N) is 2. The van der Waals surface area contributed by atoms with Crippen molar-refractivity contribution in [3.05, 3.63) is 24.0 Å². The minimum atomic E-state index is -0.0189. The lowest BCUT2D eigenvalue weighted by Crippen LogP contribution is -2.34. The second-order valence-corrected chi connectivity index (χ2v) is 3.93. The maximum atomic E-state index is 11.6. The van der Waals surface area contributed by atoms with Crippen molar-refractivity contribution in [2.45, 2.75) is 33.2 Å². The van der Waals surface area contributed by atoms with E-state index in [1.807, 2.05) is 6.92 Å². The van der Waals surface area contributed by atoms with Gasteiger partial charge in [-0.1, -0.05) is 6.92 Å². The van der Waals surface area contributed by atoms with Gasteiger partial charge in [-0.25, -0.2) is 0 Å². The van der Waals surface area contributed by atoms with Crippen LogP contribution in [0.25, 0.3) is 0 Å². The van der Waals surface area contributed by atoms with Crippen LogP contribution in [0.4, 0.5) is 5.69 Å². The summed E-state index contributed by atoms with van der Waals surface area (Å²) >= 11 is 0. The summed E-state index contributed by atoms with van der Waals surface area (Å²) in [6, 6.07) is 2.17. The second-order valence-electron chi connectivity index (χ2n) is 3.93. The van der Waals surface area contributed by atoms with E-state index >= 15 is 0 Å². The van der Waals surface area contributed by atoms with Gasteiger partial charge in [0.05, 0.1) is 6.54 Å². The molecule has 16 heavy (non-hydrogen) atoms. The van der Waals surface area contributed by atoms with Crippen molar-refractivity contribution in [3.63, 3.8) is 0 Å². The van der Waals surface area contributed by atoms with Crippen LogP contribution < -0.4 is 10.6 Å². The van der Waals surface area contributed by atoms with Crippen LogP contribution >= 0.6 is 0 Å². The number of nitrogens with zero attached hydrogens (tertiary/aromatic N) is 1. The Balaban J connectivity index is 2.43. The van der Waals surface area contributed by atoms with E-state index in [1.54, 1.807) is 18.5 Å². The molecule has 4 nitrogen and oxygen atoms in total. The Bertz CT molecular complexity index is 352. The number of anilines is 1. The number of aryl methyl sites for hydroxylation is 1. The van der Waals surface area contributed by atoms with Gasteiger partial charge in [-0.15, -0.1) is 0 Å². The van der Waals surface area contributed by atoms with E-state index in [-0.39, 0.29) is 5.91 Å². The van der Waals surface area contributed by atoms with Crippen molar-refractivity contribution in [1.29, 1.82) is 0 Å². The molecule has 1 aromatic rings. The predicted octanol–water partition coefficient (Wildman–Crippen LogP) is 1.72. The van der Waals surface area contributed by atoms with E-state index in [0.29, 0.717) is 12.6 Å². The molecule has 2 N–H and O–H groups in total. The first-order valence-corrected chi connectivity index (χ1v) is 5.57. The number of hydrogen-bond donors (Lipinski definition) is 2. The summed E-state index contributed by atoms with van der Waals surface area (Å²) in [6.07, 6.45) is 4.42. The van der Waals surface area contributed by atoms with Gasteiger partial charge in [0.15, 0.2) is 0 Å². The lowest BCUT2D eigenvalue weighted by molar-refractivity contribution is -0.115. The fraction of sp³-hybridized carbons (Fsp3) is 0.500. The molecule has 0 saturated carbocycles. The molecule has 0 radical (unpaired) electrons. The van der Waals surface area contributed by atoms with Gasteiger partial charge in [0, 0.05) is 24.1 Å². The van der Waals surface area contributed by atoms with Gasteiger partial charge < -0.3 is 10.6 Å². The van der Waals surface area contributed by atoms with Crippen LogP contribution in [-0.4, -0.2) is 23.5 Å². The molecule has 0 aliphatic heterocycles. The summed E-state index contributed by atoms with van der Waals surface area (Å²) in [5.74, 6) is -0.0189. The zero-order chi connectivity index (χ0) is 12.0. The van der Waals surface area contributed by atoms with Crippen LogP contribution in [0.1, 0.15) is 25.8 Å². The largest absolute Gasteiger partial charge is 0.325 e. The predicted molar refractivity (Wildman–Crippen MR) is 65.4 cm³/mol. The quantitative estimate of drug-likeness (QED) is 0.796. The molecule has 0 aliphatic rings. The summed E-state index contributed by atoms with van der Waals surface area (Å²) < 4.78 is 0. The number of carbonyl (C=O) groups is 1. The van der Waals surface area contributed by atoms with Crippen molar-refractivity contribution in [3.8, 4) is 0 Å². The number of aromatic nitrogens is 1. The van der Waals surface area contributed by atoms with E-state index in [0.717, 1.165) is 17.7 Å². The molecule has 0 saturated heterocycles. The zero-order valence-electron chi connectivity index (χ0n) is 10.1. The Morgan fingerprint density at radius 1 is 1.56 bits per heavy atom. The third-order valence-corrected chi connectivity index (χ3v) is 2.52. The molecule has 1 unspecified atom stereocenters. The van der Waals surface area contributed by atoms with Gasteiger partial charge in [0.1, 0.15) is 0 Å². The van der Waals surface area contributed by atoms with Gasteiger partial charge in [-0.3, -0.25) is 9.78 Å². The standard InChI is InChI=1S/C12H19N3O/c1-4-10(3)14-8-12(16)15-11-5-6-13-7-9(11)2/h5-7,10,14H,4,8H2,1-3H3,(H,13,15,16). The van der Waals surface area contributed by atoms with E-state index in [1.165, 1.54) is 0 Å². The Morgan fingerprint density at radius 3 is 2.94 bits per heavy atom.